The van der Waals surface area contributed by atoms with Crippen LogP contribution in [0.1, 0.15) is 6.42 Å². The molecule has 108 valence electrons. The average molecular weight is 321 g/mol. The highest BCUT2D eigenvalue weighted by Gasteiger charge is 2.18. The molecule has 0 radical (unpaired) electrons. The summed E-state index contributed by atoms with van der Waals surface area (Å²) in [5.41, 5.74) is 0.140. The number of rotatable bonds is 5. The summed E-state index contributed by atoms with van der Waals surface area (Å²) in [7, 11) is 0. The minimum atomic E-state index is -1.20. The Hall–Kier alpha value is -1.79. The van der Waals surface area contributed by atoms with E-state index in [-0.39, 0.29) is 22.2 Å². The number of halogens is 3. The lowest BCUT2D eigenvalue weighted by Gasteiger charge is -2.13. The number of aliphatic carboxylic acids is 1. The third-order valence-electron chi connectivity index (χ3n) is 2.25. The van der Waals surface area contributed by atoms with Crippen molar-refractivity contribution in [2.24, 2.45) is 0 Å². The van der Waals surface area contributed by atoms with Crippen molar-refractivity contribution in [1.82, 2.24) is 5.32 Å². The number of carboxylic acids is 1. The number of amides is 2. The van der Waals surface area contributed by atoms with E-state index in [2.05, 4.69) is 17.2 Å². The maximum atomic E-state index is 13.2. The molecule has 3 N–H and O–H groups in total. The van der Waals surface area contributed by atoms with Crippen molar-refractivity contribution >= 4 is 40.9 Å². The lowest BCUT2D eigenvalue weighted by Crippen LogP contribution is -2.42. The Morgan fingerprint density at radius 2 is 1.95 bits per heavy atom. The Balaban J connectivity index is 2.75. The van der Waals surface area contributed by atoms with E-state index in [9.17, 15) is 14.0 Å². The van der Waals surface area contributed by atoms with Gasteiger partial charge in [0.1, 0.15) is 6.04 Å². The van der Waals surface area contributed by atoms with Crippen LogP contribution in [0, 0.1) is 5.82 Å². The standard InChI is InChI=1S/C12H11Cl2FN2O3/c1-2-3-9(11(18)19)17-12(20)16-6-4-7(13)10(15)8(14)5-6/h2,4-5,9H,1,3H2,(H,18,19)(H2,16,17,20). The van der Waals surface area contributed by atoms with Crippen LogP contribution in [0.4, 0.5) is 14.9 Å². The molecule has 1 atom stereocenters. The van der Waals surface area contributed by atoms with Crippen LogP contribution in [0.5, 0.6) is 0 Å². The Morgan fingerprint density at radius 1 is 1.40 bits per heavy atom. The second-order valence-electron chi connectivity index (χ2n) is 3.77. The van der Waals surface area contributed by atoms with Gasteiger partial charge in [0, 0.05) is 5.69 Å². The molecule has 1 rings (SSSR count). The zero-order valence-corrected chi connectivity index (χ0v) is 11.6. The summed E-state index contributed by atoms with van der Waals surface area (Å²) in [5, 5.41) is 12.9. The molecule has 0 saturated carbocycles. The van der Waals surface area contributed by atoms with Gasteiger partial charge in [-0.25, -0.2) is 14.0 Å². The molecule has 8 heteroatoms. The normalized spacial score (nSPS) is 11.6. The minimum Gasteiger partial charge on any atom is -0.480 e. The fourth-order valence-electron chi connectivity index (χ4n) is 1.34. The topological polar surface area (TPSA) is 78.4 Å². The Kier molecular flexibility index (Phi) is 5.79. The largest absolute Gasteiger partial charge is 0.480 e. The Morgan fingerprint density at radius 3 is 2.40 bits per heavy atom. The predicted molar refractivity (Wildman–Crippen MR) is 74.8 cm³/mol. The van der Waals surface area contributed by atoms with E-state index in [1.54, 1.807) is 0 Å². The fourth-order valence-corrected chi connectivity index (χ4v) is 1.83. The molecule has 0 heterocycles. The molecule has 2 amide bonds. The van der Waals surface area contributed by atoms with Crippen LogP contribution < -0.4 is 10.6 Å². The molecule has 0 bridgehead atoms. The number of urea groups is 1. The molecule has 0 fully saturated rings. The molecule has 0 aliphatic carbocycles. The summed E-state index contributed by atoms with van der Waals surface area (Å²) in [5.74, 6) is -2.00. The van der Waals surface area contributed by atoms with Crippen molar-refractivity contribution in [3.05, 3.63) is 40.7 Å². The minimum absolute atomic E-state index is 0.0632. The lowest BCUT2D eigenvalue weighted by molar-refractivity contribution is -0.139. The number of carboxylic acid groups (broad SMARTS) is 1. The predicted octanol–water partition coefficient (Wildman–Crippen LogP) is 3.28. The van der Waals surface area contributed by atoms with E-state index in [1.165, 1.54) is 6.08 Å². The van der Waals surface area contributed by atoms with Gasteiger partial charge in [-0.1, -0.05) is 29.3 Å². The van der Waals surface area contributed by atoms with Crippen LogP contribution in [0.2, 0.25) is 10.0 Å². The zero-order chi connectivity index (χ0) is 15.3. The van der Waals surface area contributed by atoms with Crippen molar-refractivity contribution < 1.29 is 19.1 Å². The van der Waals surface area contributed by atoms with E-state index in [0.717, 1.165) is 12.1 Å². The number of hydrogen-bond acceptors (Lipinski definition) is 2. The average Bonchev–Trinajstić information content (AvgIpc) is 2.35. The molecule has 0 aromatic heterocycles. The summed E-state index contributed by atoms with van der Waals surface area (Å²) < 4.78 is 13.2. The molecule has 0 aliphatic heterocycles. The molecule has 20 heavy (non-hydrogen) atoms. The quantitative estimate of drug-likeness (QED) is 0.575. The summed E-state index contributed by atoms with van der Waals surface area (Å²) in [6.45, 7) is 3.40. The van der Waals surface area contributed by atoms with Gasteiger partial charge in [0.05, 0.1) is 10.0 Å². The molecule has 0 spiro atoms. The summed E-state index contributed by atoms with van der Waals surface area (Å²) in [6.07, 6.45) is 1.43. The van der Waals surface area contributed by atoms with Crippen molar-refractivity contribution in [2.75, 3.05) is 5.32 Å². The molecular weight excluding hydrogens is 310 g/mol. The molecule has 1 aromatic rings. The van der Waals surface area contributed by atoms with Gasteiger partial charge >= 0.3 is 12.0 Å². The number of nitrogens with one attached hydrogen (secondary N) is 2. The second kappa shape index (κ2) is 7.12. The van der Waals surface area contributed by atoms with Crippen molar-refractivity contribution in [2.45, 2.75) is 12.5 Å². The van der Waals surface area contributed by atoms with Crippen LogP contribution >= 0.6 is 23.2 Å². The number of carbonyl (C=O) groups is 2. The van der Waals surface area contributed by atoms with Gasteiger partial charge < -0.3 is 15.7 Å². The van der Waals surface area contributed by atoms with Crippen LogP contribution in [-0.2, 0) is 4.79 Å². The second-order valence-corrected chi connectivity index (χ2v) is 4.58. The SMILES string of the molecule is C=CCC(NC(=O)Nc1cc(Cl)c(F)c(Cl)c1)C(=O)O. The molecule has 1 unspecified atom stereocenters. The first-order valence-electron chi connectivity index (χ1n) is 5.41. The van der Waals surface area contributed by atoms with E-state index >= 15 is 0 Å². The van der Waals surface area contributed by atoms with Gasteiger partial charge in [0.25, 0.3) is 0 Å². The zero-order valence-electron chi connectivity index (χ0n) is 10.1. The smallest absolute Gasteiger partial charge is 0.326 e. The maximum absolute atomic E-state index is 13.2. The van der Waals surface area contributed by atoms with Gasteiger partial charge in [-0.05, 0) is 18.6 Å². The van der Waals surface area contributed by atoms with Crippen molar-refractivity contribution in [1.29, 1.82) is 0 Å². The number of carbonyl (C=O) groups excluding carboxylic acids is 1. The van der Waals surface area contributed by atoms with Crippen molar-refractivity contribution in [3.63, 3.8) is 0 Å². The monoisotopic (exact) mass is 320 g/mol. The summed E-state index contributed by atoms with van der Waals surface area (Å²) in [6, 6.07) is 0.425. The first kappa shape index (κ1) is 16.3. The third-order valence-corrected chi connectivity index (χ3v) is 2.80. The van der Waals surface area contributed by atoms with E-state index in [4.69, 9.17) is 28.3 Å². The van der Waals surface area contributed by atoms with Crippen LogP contribution in [-0.4, -0.2) is 23.1 Å². The maximum Gasteiger partial charge on any atom is 0.326 e. The first-order valence-corrected chi connectivity index (χ1v) is 6.16. The van der Waals surface area contributed by atoms with Gasteiger partial charge in [0.2, 0.25) is 0 Å². The lowest BCUT2D eigenvalue weighted by atomic mass is 10.2. The van der Waals surface area contributed by atoms with Gasteiger partial charge in [0.15, 0.2) is 5.82 Å². The fraction of sp³-hybridized carbons (Fsp3) is 0.167. The van der Waals surface area contributed by atoms with E-state index in [0.29, 0.717) is 0 Å². The van der Waals surface area contributed by atoms with E-state index in [1.807, 2.05) is 0 Å². The highest BCUT2D eigenvalue weighted by molar-refractivity contribution is 6.35. The summed E-state index contributed by atoms with van der Waals surface area (Å²) in [4.78, 5) is 22.5. The summed E-state index contributed by atoms with van der Waals surface area (Å²) >= 11 is 11.1. The van der Waals surface area contributed by atoms with Crippen molar-refractivity contribution in [3.8, 4) is 0 Å². The highest BCUT2D eigenvalue weighted by Crippen LogP contribution is 2.27. The van der Waals surface area contributed by atoms with Gasteiger partial charge in [-0.2, -0.15) is 0 Å². The first-order chi connectivity index (χ1) is 9.35. The third kappa shape index (κ3) is 4.40. The molecular formula is C12H11Cl2FN2O3. The number of hydrogen-bond donors (Lipinski definition) is 3. The Labute approximate surface area is 124 Å². The molecule has 0 aliphatic rings. The van der Waals surface area contributed by atoms with Crippen LogP contribution in [0.15, 0.2) is 24.8 Å². The Bertz CT molecular complexity index is 528. The van der Waals surface area contributed by atoms with Crippen LogP contribution in [0.25, 0.3) is 0 Å². The number of benzene rings is 1. The highest BCUT2D eigenvalue weighted by atomic mass is 35.5. The molecule has 1 aromatic carbocycles. The van der Waals surface area contributed by atoms with Crippen LogP contribution in [0.3, 0.4) is 0 Å². The van der Waals surface area contributed by atoms with E-state index < -0.39 is 23.9 Å². The molecule has 0 saturated heterocycles. The van der Waals surface area contributed by atoms with Gasteiger partial charge in [-0.15, -0.1) is 6.58 Å². The number of anilines is 1. The van der Waals surface area contributed by atoms with Gasteiger partial charge in [-0.3, -0.25) is 0 Å². The molecule has 5 nitrogen and oxygen atoms in total.